The molecule has 1 aromatic heterocycles. The zero-order valence-corrected chi connectivity index (χ0v) is 12.3. The van der Waals surface area contributed by atoms with Crippen LogP contribution in [0.1, 0.15) is 13.8 Å². The van der Waals surface area contributed by atoms with E-state index in [2.05, 4.69) is 9.97 Å². The third kappa shape index (κ3) is 5.48. The Bertz CT molecular complexity index is 447. The van der Waals surface area contributed by atoms with E-state index in [9.17, 15) is 10.1 Å². The summed E-state index contributed by atoms with van der Waals surface area (Å²) in [5.74, 6) is 0.181. The van der Waals surface area contributed by atoms with Crippen LogP contribution in [-0.4, -0.2) is 54.4 Å². The van der Waals surface area contributed by atoms with Crippen LogP contribution < -0.4 is 10.6 Å². The molecule has 1 rings (SSSR count). The average Bonchev–Trinajstić information content (AvgIpc) is 2.45. The van der Waals surface area contributed by atoms with Crippen molar-refractivity contribution in [1.82, 2.24) is 9.97 Å². The minimum absolute atomic E-state index is 0.00609. The third-order valence-corrected chi connectivity index (χ3v) is 2.68. The summed E-state index contributed by atoms with van der Waals surface area (Å²) in [6.07, 6.45) is 1.12. The number of hydrogen-bond donors (Lipinski definition) is 1. The van der Waals surface area contributed by atoms with Gasteiger partial charge in [-0.05, 0) is 13.8 Å². The second-order valence-corrected chi connectivity index (χ2v) is 4.08. The normalized spacial score (nSPS) is 10.6. The summed E-state index contributed by atoms with van der Waals surface area (Å²) in [6.45, 7) is 6.70. The summed E-state index contributed by atoms with van der Waals surface area (Å²) >= 11 is 0. The first kappa shape index (κ1) is 17.1. The molecule has 0 fully saturated rings. The number of aromatic nitrogens is 2. The quantitative estimate of drug-likeness (QED) is 0.384. The molecule has 0 radical (unpaired) electrons. The molecule has 9 nitrogen and oxygen atoms in total. The Kier molecular flexibility index (Phi) is 7.33. The number of nitro groups is 1. The number of nitrogens with two attached hydrogens (primary N) is 1. The van der Waals surface area contributed by atoms with Gasteiger partial charge in [-0.25, -0.2) is 4.98 Å². The van der Waals surface area contributed by atoms with Gasteiger partial charge in [-0.3, -0.25) is 10.1 Å². The molecule has 1 heterocycles. The molecule has 0 aliphatic carbocycles. The van der Waals surface area contributed by atoms with Gasteiger partial charge in [-0.1, -0.05) is 0 Å². The van der Waals surface area contributed by atoms with Crippen LogP contribution in [-0.2, 0) is 9.47 Å². The molecule has 0 atom stereocenters. The number of ether oxygens (including phenoxy) is 2. The molecule has 0 saturated carbocycles. The van der Waals surface area contributed by atoms with Gasteiger partial charge in [0.25, 0.3) is 0 Å². The number of hydrogen-bond acceptors (Lipinski definition) is 8. The van der Waals surface area contributed by atoms with Gasteiger partial charge in [0, 0.05) is 26.3 Å². The van der Waals surface area contributed by atoms with Crippen molar-refractivity contribution < 1.29 is 14.4 Å². The Morgan fingerprint density at radius 3 is 2.33 bits per heavy atom. The molecule has 0 aromatic carbocycles. The van der Waals surface area contributed by atoms with Gasteiger partial charge >= 0.3 is 5.69 Å². The van der Waals surface area contributed by atoms with Gasteiger partial charge in [0.05, 0.1) is 18.1 Å². The highest BCUT2D eigenvalue weighted by Crippen LogP contribution is 2.25. The Morgan fingerprint density at radius 1 is 1.29 bits per heavy atom. The second kappa shape index (κ2) is 9.03. The fourth-order valence-electron chi connectivity index (χ4n) is 1.70. The van der Waals surface area contributed by atoms with Gasteiger partial charge in [0.2, 0.25) is 11.8 Å². The summed E-state index contributed by atoms with van der Waals surface area (Å²) in [4.78, 5) is 20.0. The Balaban J connectivity index is 2.93. The Hall–Kier alpha value is -2.00. The van der Waals surface area contributed by atoms with Crippen LogP contribution >= 0.6 is 0 Å². The van der Waals surface area contributed by atoms with E-state index in [4.69, 9.17) is 15.2 Å². The highest BCUT2D eigenvalue weighted by Gasteiger charge is 2.22. The van der Waals surface area contributed by atoms with Gasteiger partial charge in [-0.2, -0.15) is 4.98 Å². The number of anilines is 2. The molecule has 0 aliphatic rings. The number of nitrogen functional groups attached to an aromatic ring is 1. The van der Waals surface area contributed by atoms with Crippen molar-refractivity contribution in [2.45, 2.75) is 13.8 Å². The lowest BCUT2D eigenvalue weighted by atomic mass is 10.4. The van der Waals surface area contributed by atoms with Gasteiger partial charge in [0.1, 0.15) is 6.20 Å². The molecule has 9 heteroatoms. The van der Waals surface area contributed by atoms with Crippen molar-refractivity contribution in [3.63, 3.8) is 0 Å². The highest BCUT2D eigenvalue weighted by atomic mass is 16.6. The van der Waals surface area contributed by atoms with Crippen LogP contribution in [0.2, 0.25) is 0 Å². The van der Waals surface area contributed by atoms with Crippen molar-refractivity contribution in [1.29, 1.82) is 0 Å². The van der Waals surface area contributed by atoms with Crippen LogP contribution in [0.4, 0.5) is 17.5 Å². The SMILES string of the molecule is CCOCCN(CCOCC)c1nc(N)ncc1[N+](=O)[O-]. The topological polar surface area (TPSA) is 117 Å². The van der Waals surface area contributed by atoms with E-state index in [1.807, 2.05) is 13.8 Å². The van der Waals surface area contributed by atoms with Gasteiger partial charge < -0.3 is 20.1 Å². The van der Waals surface area contributed by atoms with Crippen LogP contribution in [0, 0.1) is 10.1 Å². The maximum atomic E-state index is 11.1. The predicted molar refractivity (Wildman–Crippen MR) is 78.3 cm³/mol. The molecular formula is C12H21N5O4. The zero-order chi connectivity index (χ0) is 15.7. The summed E-state index contributed by atoms with van der Waals surface area (Å²) in [5.41, 5.74) is 5.36. The molecule has 2 N–H and O–H groups in total. The van der Waals surface area contributed by atoms with E-state index in [0.717, 1.165) is 6.20 Å². The van der Waals surface area contributed by atoms with Crippen LogP contribution in [0.25, 0.3) is 0 Å². The van der Waals surface area contributed by atoms with E-state index in [-0.39, 0.29) is 17.5 Å². The van der Waals surface area contributed by atoms with Crippen molar-refractivity contribution in [3.8, 4) is 0 Å². The summed E-state index contributed by atoms with van der Waals surface area (Å²) in [7, 11) is 0. The monoisotopic (exact) mass is 299 g/mol. The average molecular weight is 299 g/mol. The summed E-state index contributed by atoms with van der Waals surface area (Å²) in [5, 5.41) is 11.1. The fourth-order valence-corrected chi connectivity index (χ4v) is 1.70. The second-order valence-electron chi connectivity index (χ2n) is 4.08. The zero-order valence-electron chi connectivity index (χ0n) is 12.3. The first-order valence-electron chi connectivity index (χ1n) is 6.77. The van der Waals surface area contributed by atoms with Crippen molar-refractivity contribution >= 4 is 17.5 Å². The van der Waals surface area contributed by atoms with Crippen LogP contribution in [0.5, 0.6) is 0 Å². The smallest absolute Gasteiger partial charge is 0.329 e. The van der Waals surface area contributed by atoms with E-state index in [1.54, 1.807) is 4.90 Å². The maximum absolute atomic E-state index is 11.1. The van der Waals surface area contributed by atoms with E-state index in [0.29, 0.717) is 39.5 Å². The molecular weight excluding hydrogens is 278 g/mol. The van der Waals surface area contributed by atoms with Crippen molar-refractivity contribution in [2.24, 2.45) is 0 Å². The first-order valence-corrected chi connectivity index (χ1v) is 6.77. The lowest BCUT2D eigenvalue weighted by Crippen LogP contribution is -2.32. The van der Waals surface area contributed by atoms with E-state index in [1.165, 1.54) is 0 Å². The Labute approximate surface area is 123 Å². The third-order valence-electron chi connectivity index (χ3n) is 2.68. The van der Waals surface area contributed by atoms with Crippen molar-refractivity contribution in [3.05, 3.63) is 16.3 Å². The molecule has 0 unspecified atom stereocenters. The Morgan fingerprint density at radius 2 is 1.86 bits per heavy atom. The molecule has 0 amide bonds. The van der Waals surface area contributed by atoms with Gasteiger partial charge in [-0.15, -0.1) is 0 Å². The summed E-state index contributed by atoms with van der Waals surface area (Å²) < 4.78 is 10.6. The first-order chi connectivity index (χ1) is 10.1. The standard InChI is InChI=1S/C12H21N5O4/c1-3-20-7-5-16(6-8-21-4-2)11-10(17(18)19)9-14-12(13)15-11/h9H,3-8H2,1-2H3,(H2,13,14,15). The molecule has 0 saturated heterocycles. The predicted octanol–water partition coefficient (Wildman–Crippen LogP) is 0.846. The number of rotatable bonds is 10. The highest BCUT2D eigenvalue weighted by molar-refractivity contribution is 5.58. The molecule has 0 bridgehead atoms. The fraction of sp³-hybridized carbons (Fsp3) is 0.667. The lowest BCUT2D eigenvalue weighted by Gasteiger charge is -2.23. The van der Waals surface area contributed by atoms with E-state index >= 15 is 0 Å². The maximum Gasteiger partial charge on any atom is 0.329 e. The minimum Gasteiger partial charge on any atom is -0.380 e. The molecule has 21 heavy (non-hydrogen) atoms. The minimum atomic E-state index is -0.525. The molecule has 1 aromatic rings. The number of nitrogens with zero attached hydrogens (tertiary/aromatic N) is 4. The molecule has 0 spiro atoms. The molecule has 0 aliphatic heterocycles. The molecule has 118 valence electrons. The van der Waals surface area contributed by atoms with Crippen LogP contribution in [0.15, 0.2) is 6.20 Å². The lowest BCUT2D eigenvalue weighted by molar-refractivity contribution is -0.384. The largest absolute Gasteiger partial charge is 0.380 e. The van der Waals surface area contributed by atoms with Gasteiger partial charge in [0.15, 0.2) is 0 Å². The van der Waals surface area contributed by atoms with E-state index < -0.39 is 4.92 Å². The summed E-state index contributed by atoms with van der Waals surface area (Å²) in [6, 6.07) is 0. The van der Waals surface area contributed by atoms with Crippen molar-refractivity contribution in [2.75, 3.05) is 50.2 Å². The van der Waals surface area contributed by atoms with Crippen LogP contribution in [0.3, 0.4) is 0 Å².